The average molecular weight is 354 g/mol. The van der Waals surface area contributed by atoms with E-state index in [1.54, 1.807) is 6.07 Å². The molecule has 0 bridgehead atoms. The SMILES string of the molecule is Cc1cc(C(N)=S)ccc1COc1cc(F)cc(Br)c1. The van der Waals surface area contributed by atoms with E-state index in [2.05, 4.69) is 15.9 Å². The zero-order valence-electron chi connectivity index (χ0n) is 10.8. The number of hydrogen-bond acceptors (Lipinski definition) is 2. The molecule has 0 aliphatic heterocycles. The summed E-state index contributed by atoms with van der Waals surface area (Å²) in [6, 6.07) is 10.1. The Labute approximate surface area is 130 Å². The summed E-state index contributed by atoms with van der Waals surface area (Å²) >= 11 is 8.17. The molecule has 0 atom stereocenters. The van der Waals surface area contributed by atoms with Crippen LogP contribution in [0.2, 0.25) is 0 Å². The lowest BCUT2D eigenvalue weighted by atomic mass is 10.1. The maximum atomic E-state index is 13.2. The zero-order chi connectivity index (χ0) is 14.7. The van der Waals surface area contributed by atoms with Gasteiger partial charge in [-0.3, -0.25) is 0 Å². The van der Waals surface area contributed by atoms with E-state index in [9.17, 15) is 4.39 Å². The van der Waals surface area contributed by atoms with E-state index in [1.807, 2.05) is 25.1 Å². The highest BCUT2D eigenvalue weighted by Crippen LogP contribution is 2.22. The molecule has 0 saturated heterocycles. The Kier molecular flexibility index (Phi) is 4.73. The van der Waals surface area contributed by atoms with Crippen molar-refractivity contribution in [3.05, 3.63) is 63.4 Å². The molecule has 0 aliphatic carbocycles. The van der Waals surface area contributed by atoms with Crippen molar-refractivity contribution >= 4 is 33.1 Å². The molecule has 0 spiro atoms. The molecule has 0 saturated carbocycles. The predicted molar refractivity (Wildman–Crippen MR) is 85.5 cm³/mol. The first-order valence-corrected chi connectivity index (χ1v) is 7.14. The fourth-order valence-corrected chi connectivity index (χ4v) is 2.36. The number of halogens is 2. The molecule has 5 heteroatoms. The van der Waals surface area contributed by atoms with Crippen molar-refractivity contribution in [1.82, 2.24) is 0 Å². The van der Waals surface area contributed by atoms with Crippen LogP contribution in [-0.2, 0) is 6.61 Å². The third-order valence-corrected chi connectivity index (χ3v) is 3.55. The molecule has 0 heterocycles. The molecule has 2 aromatic rings. The van der Waals surface area contributed by atoms with Crippen LogP contribution in [0.15, 0.2) is 40.9 Å². The van der Waals surface area contributed by atoms with E-state index in [0.29, 0.717) is 21.8 Å². The third-order valence-electron chi connectivity index (χ3n) is 2.86. The highest BCUT2D eigenvalue weighted by atomic mass is 79.9. The normalized spacial score (nSPS) is 10.3. The van der Waals surface area contributed by atoms with E-state index in [0.717, 1.165) is 16.7 Å². The molecule has 0 amide bonds. The molecular formula is C15H13BrFNOS. The predicted octanol–water partition coefficient (Wildman–Crippen LogP) is 4.11. The number of nitrogens with two attached hydrogens (primary N) is 1. The molecule has 0 aliphatic rings. The van der Waals surface area contributed by atoms with Gasteiger partial charge < -0.3 is 10.5 Å². The zero-order valence-corrected chi connectivity index (χ0v) is 13.2. The highest BCUT2D eigenvalue weighted by Gasteiger charge is 2.05. The maximum absolute atomic E-state index is 13.2. The summed E-state index contributed by atoms with van der Waals surface area (Å²) in [5.74, 6) is 0.143. The smallest absolute Gasteiger partial charge is 0.128 e. The fraction of sp³-hybridized carbons (Fsp3) is 0.133. The van der Waals surface area contributed by atoms with Crippen molar-refractivity contribution in [2.45, 2.75) is 13.5 Å². The first-order valence-electron chi connectivity index (χ1n) is 5.94. The van der Waals surface area contributed by atoms with E-state index in [4.69, 9.17) is 22.7 Å². The molecular weight excluding hydrogens is 341 g/mol. The van der Waals surface area contributed by atoms with Gasteiger partial charge in [0.1, 0.15) is 23.2 Å². The summed E-state index contributed by atoms with van der Waals surface area (Å²) in [6.07, 6.45) is 0. The van der Waals surface area contributed by atoms with Crippen molar-refractivity contribution in [2.75, 3.05) is 0 Å². The number of benzene rings is 2. The van der Waals surface area contributed by atoms with Gasteiger partial charge in [0.15, 0.2) is 0 Å². The molecule has 0 aromatic heterocycles. The Morgan fingerprint density at radius 1 is 1.30 bits per heavy atom. The summed E-state index contributed by atoms with van der Waals surface area (Å²) in [6.45, 7) is 2.32. The Balaban J connectivity index is 2.12. The Bertz CT molecular complexity index is 640. The molecule has 2 nitrogen and oxygen atoms in total. The van der Waals surface area contributed by atoms with Crippen LogP contribution in [0.25, 0.3) is 0 Å². The van der Waals surface area contributed by atoms with Crippen LogP contribution in [0, 0.1) is 12.7 Å². The lowest BCUT2D eigenvalue weighted by molar-refractivity contribution is 0.303. The summed E-state index contributed by atoms with van der Waals surface area (Å²) in [4.78, 5) is 0.370. The van der Waals surface area contributed by atoms with Crippen molar-refractivity contribution in [1.29, 1.82) is 0 Å². The lowest BCUT2D eigenvalue weighted by Gasteiger charge is -2.10. The maximum Gasteiger partial charge on any atom is 0.128 e. The number of rotatable bonds is 4. The van der Waals surface area contributed by atoms with E-state index in [1.165, 1.54) is 12.1 Å². The second-order valence-electron chi connectivity index (χ2n) is 4.40. The second kappa shape index (κ2) is 6.33. The number of ether oxygens (including phenoxy) is 1. The summed E-state index contributed by atoms with van der Waals surface area (Å²) in [7, 11) is 0. The van der Waals surface area contributed by atoms with Gasteiger partial charge in [-0.15, -0.1) is 0 Å². The van der Waals surface area contributed by atoms with Crippen molar-refractivity contribution in [2.24, 2.45) is 5.73 Å². The van der Waals surface area contributed by atoms with Crippen LogP contribution < -0.4 is 10.5 Å². The lowest BCUT2D eigenvalue weighted by Crippen LogP contribution is -2.10. The first-order chi connectivity index (χ1) is 9.45. The van der Waals surface area contributed by atoms with Crippen LogP contribution in [-0.4, -0.2) is 4.99 Å². The van der Waals surface area contributed by atoms with Gasteiger partial charge in [0, 0.05) is 16.1 Å². The minimum Gasteiger partial charge on any atom is -0.489 e. The number of hydrogen-bond donors (Lipinski definition) is 1. The number of thiocarbonyl (C=S) groups is 1. The average Bonchev–Trinajstić information content (AvgIpc) is 2.36. The van der Waals surface area contributed by atoms with Gasteiger partial charge in [-0.1, -0.05) is 40.3 Å². The summed E-state index contributed by atoms with van der Waals surface area (Å²) in [5, 5.41) is 0. The molecule has 104 valence electrons. The first kappa shape index (κ1) is 14.9. The fourth-order valence-electron chi connectivity index (χ4n) is 1.78. The van der Waals surface area contributed by atoms with E-state index < -0.39 is 0 Å². The minimum atomic E-state index is -0.338. The molecule has 2 rings (SSSR count). The van der Waals surface area contributed by atoms with Gasteiger partial charge in [-0.05, 0) is 36.2 Å². The van der Waals surface area contributed by atoms with Crippen LogP contribution in [0.4, 0.5) is 4.39 Å². The van der Waals surface area contributed by atoms with Gasteiger partial charge in [-0.2, -0.15) is 0 Å². The van der Waals surface area contributed by atoms with E-state index >= 15 is 0 Å². The quantitative estimate of drug-likeness (QED) is 0.840. The van der Waals surface area contributed by atoms with Crippen LogP contribution in [0.1, 0.15) is 16.7 Å². The Morgan fingerprint density at radius 2 is 2.05 bits per heavy atom. The molecule has 2 N–H and O–H groups in total. The van der Waals surface area contributed by atoms with Gasteiger partial charge in [-0.25, -0.2) is 4.39 Å². The molecule has 0 unspecified atom stereocenters. The second-order valence-corrected chi connectivity index (χ2v) is 5.75. The standard InChI is InChI=1S/C15H13BrFNOS/c1-9-4-10(15(18)20)2-3-11(9)8-19-14-6-12(16)5-13(17)7-14/h2-7H,8H2,1H3,(H2,18,20). The van der Waals surface area contributed by atoms with Crippen LogP contribution >= 0.6 is 28.1 Å². The number of aryl methyl sites for hydroxylation is 1. The van der Waals surface area contributed by atoms with Crippen molar-refractivity contribution < 1.29 is 9.13 Å². The summed E-state index contributed by atoms with van der Waals surface area (Å²) in [5.41, 5.74) is 8.45. The molecule has 2 aromatic carbocycles. The van der Waals surface area contributed by atoms with Crippen LogP contribution in [0.3, 0.4) is 0 Å². The largest absolute Gasteiger partial charge is 0.489 e. The van der Waals surface area contributed by atoms with Gasteiger partial charge in [0.25, 0.3) is 0 Å². The van der Waals surface area contributed by atoms with Crippen molar-refractivity contribution in [3.63, 3.8) is 0 Å². The van der Waals surface area contributed by atoms with E-state index in [-0.39, 0.29) is 5.82 Å². The highest BCUT2D eigenvalue weighted by molar-refractivity contribution is 9.10. The Hall–Kier alpha value is -1.46. The topological polar surface area (TPSA) is 35.2 Å². The van der Waals surface area contributed by atoms with Crippen molar-refractivity contribution in [3.8, 4) is 5.75 Å². The summed E-state index contributed by atoms with van der Waals surface area (Å²) < 4.78 is 19.5. The monoisotopic (exact) mass is 353 g/mol. The Morgan fingerprint density at radius 3 is 2.65 bits per heavy atom. The third kappa shape index (κ3) is 3.77. The van der Waals surface area contributed by atoms with Gasteiger partial charge >= 0.3 is 0 Å². The van der Waals surface area contributed by atoms with Gasteiger partial charge in [0.2, 0.25) is 0 Å². The molecule has 0 fully saturated rings. The minimum absolute atomic E-state index is 0.338. The molecule has 20 heavy (non-hydrogen) atoms. The van der Waals surface area contributed by atoms with Gasteiger partial charge in [0.05, 0.1) is 0 Å². The van der Waals surface area contributed by atoms with Crippen LogP contribution in [0.5, 0.6) is 5.75 Å². The molecule has 0 radical (unpaired) electrons.